The average Bonchev–Trinajstić information content (AvgIpc) is 1.87. The van der Waals surface area contributed by atoms with Crippen LogP contribution in [0.1, 0.15) is 13.8 Å². The molecule has 0 rings (SSSR count). The van der Waals surface area contributed by atoms with Crippen LogP contribution in [-0.4, -0.2) is 32.1 Å². The Balaban J connectivity index is 3.31. The van der Waals surface area contributed by atoms with Gasteiger partial charge in [-0.2, -0.15) is 0 Å². The molecule has 3 nitrogen and oxygen atoms in total. The van der Waals surface area contributed by atoms with E-state index in [9.17, 15) is 4.39 Å². The van der Waals surface area contributed by atoms with Gasteiger partial charge in [0.1, 0.15) is 12.8 Å². The van der Waals surface area contributed by atoms with Crippen LogP contribution in [0.5, 0.6) is 0 Å². The molecule has 0 aliphatic rings. The van der Waals surface area contributed by atoms with Gasteiger partial charge in [0.05, 0.1) is 5.71 Å². The maximum absolute atomic E-state index is 12.6. The molecule has 0 aromatic carbocycles. The summed E-state index contributed by atoms with van der Waals surface area (Å²) in [6.07, 6.45) is -0.983. The normalized spacial score (nSPS) is 12.4. The van der Waals surface area contributed by atoms with Crippen molar-refractivity contribution in [3.05, 3.63) is 0 Å². The van der Waals surface area contributed by atoms with Crippen LogP contribution in [0.4, 0.5) is 4.39 Å². The molecule has 66 valence electrons. The molecule has 1 unspecified atom stereocenters. The van der Waals surface area contributed by atoms with Crippen LogP contribution in [0.15, 0.2) is 5.16 Å². The Hall–Kier alpha value is -0.640. The van der Waals surface area contributed by atoms with Crippen molar-refractivity contribution in [3.8, 4) is 0 Å². The molecule has 0 aromatic rings. The average molecular weight is 162 g/mol. The zero-order valence-corrected chi connectivity index (χ0v) is 7.22. The van der Waals surface area contributed by atoms with Gasteiger partial charge < -0.3 is 10.2 Å². The molecule has 0 amide bonds. The lowest BCUT2D eigenvalue weighted by Crippen LogP contribution is -2.23. The summed E-state index contributed by atoms with van der Waals surface area (Å²) in [5.74, 6) is 0. The van der Waals surface area contributed by atoms with Crippen molar-refractivity contribution < 1.29 is 9.23 Å². The van der Waals surface area contributed by atoms with E-state index in [4.69, 9.17) is 0 Å². The second-order valence-electron chi connectivity index (χ2n) is 2.49. The highest BCUT2D eigenvalue weighted by molar-refractivity contribution is 5.78. The van der Waals surface area contributed by atoms with Gasteiger partial charge in [0.15, 0.2) is 0 Å². The van der Waals surface area contributed by atoms with Crippen molar-refractivity contribution >= 4 is 5.71 Å². The van der Waals surface area contributed by atoms with Gasteiger partial charge in [-0.15, -0.1) is 0 Å². The third kappa shape index (κ3) is 7.25. The molecule has 0 aliphatic carbocycles. The molecule has 0 radical (unpaired) electrons. The van der Waals surface area contributed by atoms with Crippen LogP contribution in [-0.2, 0) is 4.84 Å². The van der Waals surface area contributed by atoms with E-state index in [1.165, 1.54) is 0 Å². The molecule has 0 bridgehead atoms. The molecule has 0 aliphatic heterocycles. The summed E-state index contributed by atoms with van der Waals surface area (Å²) >= 11 is 0. The first-order valence-corrected chi connectivity index (χ1v) is 3.58. The quantitative estimate of drug-likeness (QED) is 0.482. The summed E-state index contributed by atoms with van der Waals surface area (Å²) in [6.45, 7) is 3.92. The Bertz CT molecular complexity index is 124. The SMILES string of the molecule is CNCC(F)CON=C(C)C. The van der Waals surface area contributed by atoms with E-state index >= 15 is 0 Å². The molecule has 0 spiro atoms. The highest BCUT2D eigenvalue weighted by atomic mass is 19.1. The van der Waals surface area contributed by atoms with Crippen molar-refractivity contribution in [1.82, 2.24) is 5.32 Å². The van der Waals surface area contributed by atoms with E-state index in [2.05, 4.69) is 15.3 Å². The fraction of sp³-hybridized carbons (Fsp3) is 0.857. The number of hydrogen-bond donors (Lipinski definition) is 1. The van der Waals surface area contributed by atoms with Crippen LogP contribution in [0.25, 0.3) is 0 Å². The lowest BCUT2D eigenvalue weighted by atomic mass is 10.4. The predicted molar refractivity (Wildman–Crippen MR) is 43.6 cm³/mol. The Morgan fingerprint density at radius 2 is 2.27 bits per heavy atom. The zero-order valence-electron chi connectivity index (χ0n) is 7.22. The van der Waals surface area contributed by atoms with Crippen LogP contribution in [0.2, 0.25) is 0 Å². The Labute approximate surface area is 66.6 Å². The monoisotopic (exact) mass is 162 g/mol. The van der Waals surface area contributed by atoms with Gasteiger partial charge >= 0.3 is 0 Å². The van der Waals surface area contributed by atoms with Gasteiger partial charge in [0, 0.05) is 6.54 Å². The van der Waals surface area contributed by atoms with Crippen LogP contribution >= 0.6 is 0 Å². The lowest BCUT2D eigenvalue weighted by molar-refractivity contribution is 0.0868. The Kier molecular flexibility index (Phi) is 5.74. The van der Waals surface area contributed by atoms with E-state index in [0.29, 0.717) is 6.54 Å². The fourth-order valence-corrected chi connectivity index (χ4v) is 0.528. The van der Waals surface area contributed by atoms with Crippen LogP contribution < -0.4 is 5.32 Å². The first-order chi connectivity index (χ1) is 5.16. The zero-order chi connectivity index (χ0) is 8.69. The summed E-state index contributed by atoms with van der Waals surface area (Å²) in [5.41, 5.74) is 0.793. The van der Waals surface area contributed by atoms with Crippen molar-refractivity contribution in [3.63, 3.8) is 0 Å². The number of halogens is 1. The summed E-state index contributed by atoms with van der Waals surface area (Å²) in [4.78, 5) is 4.68. The van der Waals surface area contributed by atoms with E-state index < -0.39 is 6.17 Å². The number of nitrogens with zero attached hydrogens (tertiary/aromatic N) is 1. The van der Waals surface area contributed by atoms with Crippen molar-refractivity contribution in [2.45, 2.75) is 20.0 Å². The second-order valence-corrected chi connectivity index (χ2v) is 2.49. The van der Waals surface area contributed by atoms with E-state index in [-0.39, 0.29) is 6.61 Å². The molecule has 11 heavy (non-hydrogen) atoms. The molecule has 1 atom stereocenters. The van der Waals surface area contributed by atoms with Gasteiger partial charge in [-0.1, -0.05) is 5.16 Å². The van der Waals surface area contributed by atoms with E-state index in [1.807, 2.05) is 0 Å². The molecule has 0 heterocycles. The maximum atomic E-state index is 12.6. The molecule has 0 aromatic heterocycles. The summed E-state index contributed by atoms with van der Waals surface area (Å²) in [5, 5.41) is 6.30. The number of oxime groups is 1. The maximum Gasteiger partial charge on any atom is 0.149 e. The number of hydrogen-bond acceptors (Lipinski definition) is 3. The summed E-state index contributed by atoms with van der Waals surface area (Å²) in [7, 11) is 1.70. The summed E-state index contributed by atoms with van der Waals surface area (Å²) in [6, 6.07) is 0. The first kappa shape index (κ1) is 10.4. The fourth-order valence-electron chi connectivity index (χ4n) is 0.528. The van der Waals surface area contributed by atoms with Gasteiger partial charge in [-0.3, -0.25) is 0 Å². The van der Waals surface area contributed by atoms with Gasteiger partial charge in [-0.25, -0.2) is 4.39 Å². The largest absolute Gasteiger partial charge is 0.393 e. The molecule has 1 N–H and O–H groups in total. The number of alkyl halides is 1. The smallest absolute Gasteiger partial charge is 0.149 e. The minimum Gasteiger partial charge on any atom is -0.393 e. The third-order valence-corrected chi connectivity index (χ3v) is 0.928. The topological polar surface area (TPSA) is 33.6 Å². The highest BCUT2D eigenvalue weighted by Crippen LogP contribution is 1.90. The van der Waals surface area contributed by atoms with Gasteiger partial charge in [0.25, 0.3) is 0 Å². The minimum atomic E-state index is -0.983. The molecular formula is C7H15FN2O. The highest BCUT2D eigenvalue weighted by Gasteiger charge is 2.03. The van der Waals surface area contributed by atoms with Crippen LogP contribution in [0, 0.1) is 0 Å². The van der Waals surface area contributed by atoms with Crippen molar-refractivity contribution in [1.29, 1.82) is 0 Å². The standard InChI is InChI=1S/C7H15FN2O/c1-6(2)10-11-5-7(8)4-9-3/h7,9H,4-5H2,1-3H3. The number of rotatable bonds is 5. The molecule has 0 fully saturated rings. The Morgan fingerprint density at radius 1 is 1.64 bits per heavy atom. The minimum absolute atomic E-state index is 0.0199. The van der Waals surface area contributed by atoms with Crippen molar-refractivity contribution in [2.75, 3.05) is 20.2 Å². The molecular weight excluding hydrogens is 147 g/mol. The lowest BCUT2D eigenvalue weighted by Gasteiger charge is -2.04. The van der Waals surface area contributed by atoms with Crippen LogP contribution in [0.3, 0.4) is 0 Å². The first-order valence-electron chi connectivity index (χ1n) is 3.58. The van der Waals surface area contributed by atoms with E-state index in [1.54, 1.807) is 20.9 Å². The Morgan fingerprint density at radius 3 is 2.73 bits per heavy atom. The molecule has 0 saturated carbocycles. The molecule has 0 saturated heterocycles. The number of nitrogens with one attached hydrogen (secondary N) is 1. The third-order valence-electron chi connectivity index (χ3n) is 0.928. The molecule has 4 heteroatoms. The van der Waals surface area contributed by atoms with Crippen molar-refractivity contribution in [2.24, 2.45) is 5.16 Å². The van der Waals surface area contributed by atoms with Gasteiger partial charge in [-0.05, 0) is 20.9 Å². The second kappa shape index (κ2) is 6.09. The van der Waals surface area contributed by atoms with Gasteiger partial charge in [0.2, 0.25) is 0 Å². The summed E-state index contributed by atoms with van der Waals surface area (Å²) < 4.78 is 12.6. The van der Waals surface area contributed by atoms with E-state index in [0.717, 1.165) is 5.71 Å². The predicted octanol–water partition coefficient (Wildman–Crippen LogP) is 0.956.